The van der Waals surface area contributed by atoms with Gasteiger partial charge in [-0.15, -0.1) is 0 Å². The number of halogens is 2. The summed E-state index contributed by atoms with van der Waals surface area (Å²) in [5.41, 5.74) is 2.76. The Bertz CT molecular complexity index is 578. The van der Waals surface area contributed by atoms with Crippen molar-refractivity contribution in [3.8, 4) is 0 Å². The SMILES string of the molecule is CCn1nc(C)c(Cl)c1CC(O)Cc1ccc(Cl)cc1. The monoisotopic (exact) mass is 312 g/mol. The number of aromatic nitrogens is 2. The summed E-state index contributed by atoms with van der Waals surface area (Å²) in [4.78, 5) is 0. The Morgan fingerprint density at radius 2 is 1.85 bits per heavy atom. The van der Waals surface area contributed by atoms with E-state index in [1.807, 2.05) is 42.8 Å². The zero-order chi connectivity index (χ0) is 14.7. The average molecular weight is 313 g/mol. The maximum atomic E-state index is 10.2. The molecule has 2 aromatic rings. The lowest BCUT2D eigenvalue weighted by Gasteiger charge is -2.12. The van der Waals surface area contributed by atoms with Crippen LogP contribution in [0.2, 0.25) is 10.0 Å². The molecule has 0 amide bonds. The van der Waals surface area contributed by atoms with Crippen LogP contribution in [0.4, 0.5) is 0 Å². The largest absolute Gasteiger partial charge is 0.392 e. The summed E-state index contributed by atoms with van der Waals surface area (Å²) in [6.07, 6.45) is 0.576. The van der Waals surface area contributed by atoms with Crippen molar-refractivity contribution in [2.45, 2.75) is 39.3 Å². The lowest BCUT2D eigenvalue weighted by atomic mass is 10.0. The molecule has 20 heavy (non-hydrogen) atoms. The van der Waals surface area contributed by atoms with Crippen molar-refractivity contribution in [2.24, 2.45) is 0 Å². The topological polar surface area (TPSA) is 38.0 Å². The highest BCUT2D eigenvalue weighted by molar-refractivity contribution is 6.31. The molecule has 0 aliphatic heterocycles. The van der Waals surface area contributed by atoms with Gasteiger partial charge in [-0.05, 0) is 38.0 Å². The molecule has 0 saturated heterocycles. The van der Waals surface area contributed by atoms with Crippen molar-refractivity contribution in [3.05, 3.63) is 51.3 Å². The van der Waals surface area contributed by atoms with E-state index in [4.69, 9.17) is 23.2 Å². The molecule has 0 radical (unpaired) electrons. The maximum Gasteiger partial charge on any atom is 0.0848 e. The highest BCUT2D eigenvalue weighted by atomic mass is 35.5. The molecule has 0 fully saturated rings. The van der Waals surface area contributed by atoms with Crippen molar-refractivity contribution in [2.75, 3.05) is 0 Å². The Labute approximate surface area is 129 Å². The fraction of sp³-hybridized carbons (Fsp3) is 0.400. The fourth-order valence-corrected chi connectivity index (χ4v) is 2.59. The first kappa shape index (κ1) is 15.4. The van der Waals surface area contributed by atoms with E-state index >= 15 is 0 Å². The molecule has 1 N–H and O–H groups in total. The highest BCUT2D eigenvalue weighted by Crippen LogP contribution is 2.22. The smallest absolute Gasteiger partial charge is 0.0848 e. The quantitative estimate of drug-likeness (QED) is 0.915. The van der Waals surface area contributed by atoms with Gasteiger partial charge in [-0.3, -0.25) is 4.68 Å². The van der Waals surface area contributed by atoms with Crippen molar-refractivity contribution in [3.63, 3.8) is 0 Å². The number of rotatable bonds is 5. The van der Waals surface area contributed by atoms with Crippen LogP contribution in [0.15, 0.2) is 24.3 Å². The second-order valence-electron chi connectivity index (χ2n) is 4.85. The van der Waals surface area contributed by atoms with Gasteiger partial charge < -0.3 is 5.11 Å². The third-order valence-electron chi connectivity index (χ3n) is 3.27. The molecule has 0 bridgehead atoms. The molecule has 0 aliphatic carbocycles. The predicted octanol–water partition coefficient (Wildman–Crippen LogP) is 3.66. The van der Waals surface area contributed by atoms with Gasteiger partial charge >= 0.3 is 0 Å². The molecule has 1 aromatic carbocycles. The number of nitrogens with zero attached hydrogens (tertiary/aromatic N) is 2. The first-order valence-corrected chi connectivity index (χ1v) is 7.41. The van der Waals surface area contributed by atoms with Crippen LogP contribution in [0.25, 0.3) is 0 Å². The van der Waals surface area contributed by atoms with Gasteiger partial charge in [0.05, 0.1) is 22.5 Å². The molecule has 0 saturated carbocycles. The van der Waals surface area contributed by atoms with Gasteiger partial charge in [0.1, 0.15) is 0 Å². The van der Waals surface area contributed by atoms with E-state index in [0.29, 0.717) is 22.9 Å². The van der Waals surface area contributed by atoms with Crippen LogP contribution >= 0.6 is 23.2 Å². The summed E-state index contributed by atoms with van der Waals surface area (Å²) in [7, 11) is 0. The number of hydrogen-bond donors (Lipinski definition) is 1. The van der Waals surface area contributed by atoms with E-state index < -0.39 is 6.10 Å². The third kappa shape index (κ3) is 3.54. The minimum Gasteiger partial charge on any atom is -0.392 e. The van der Waals surface area contributed by atoms with Gasteiger partial charge in [0, 0.05) is 18.0 Å². The lowest BCUT2D eigenvalue weighted by molar-refractivity contribution is 0.172. The van der Waals surface area contributed by atoms with Crippen molar-refractivity contribution in [1.29, 1.82) is 0 Å². The van der Waals surface area contributed by atoms with E-state index in [0.717, 1.165) is 23.5 Å². The Morgan fingerprint density at radius 1 is 1.20 bits per heavy atom. The molecule has 1 heterocycles. The lowest BCUT2D eigenvalue weighted by Crippen LogP contribution is -2.17. The minimum atomic E-state index is -0.491. The average Bonchev–Trinajstić information content (AvgIpc) is 2.69. The molecule has 0 aliphatic rings. The van der Waals surface area contributed by atoms with Crippen molar-refractivity contribution in [1.82, 2.24) is 9.78 Å². The molecule has 108 valence electrons. The van der Waals surface area contributed by atoms with Crippen LogP contribution in [-0.2, 0) is 19.4 Å². The molecule has 0 spiro atoms. The summed E-state index contributed by atoms with van der Waals surface area (Å²) in [5.74, 6) is 0. The van der Waals surface area contributed by atoms with Gasteiger partial charge in [0.15, 0.2) is 0 Å². The van der Waals surface area contributed by atoms with Crippen LogP contribution < -0.4 is 0 Å². The van der Waals surface area contributed by atoms with E-state index in [1.54, 1.807) is 0 Å². The van der Waals surface area contributed by atoms with Crippen molar-refractivity contribution < 1.29 is 5.11 Å². The van der Waals surface area contributed by atoms with Crippen LogP contribution in [-0.4, -0.2) is 21.0 Å². The fourth-order valence-electron chi connectivity index (χ4n) is 2.25. The van der Waals surface area contributed by atoms with Gasteiger partial charge in [-0.25, -0.2) is 0 Å². The van der Waals surface area contributed by atoms with Crippen LogP contribution in [0.5, 0.6) is 0 Å². The third-order valence-corrected chi connectivity index (χ3v) is 4.01. The van der Waals surface area contributed by atoms with E-state index in [2.05, 4.69) is 5.10 Å². The minimum absolute atomic E-state index is 0.491. The molecule has 3 nitrogen and oxygen atoms in total. The van der Waals surface area contributed by atoms with Crippen LogP contribution in [0, 0.1) is 6.92 Å². The molecular weight excluding hydrogens is 295 g/mol. The van der Waals surface area contributed by atoms with Gasteiger partial charge in [-0.2, -0.15) is 5.10 Å². The van der Waals surface area contributed by atoms with E-state index in [9.17, 15) is 5.11 Å². The maximum absolute atomic E-state index is 10.2. The first-order valence-electron chi connectivity index (χ1n) is 6.65. The number of benzene rings is 1. The predicted molar refractivity (Wildman–Crippen MR) is 82.5 cm³/mol. The zero-order valence-electron chi connectivity index (χ0n) is 11.6. The number of aliphatic hydroxyl groups excluding tert-OH is 1. The summed E-state index contributed by atoms with van der Waals surface area (Å²) in [6.45, 7) is 4.64. The van der Waals surface area contributed by atoms with Gasteiger partial charge in [-0.1, -0.05) is 35.3 Å². The van der Waals surface area contributed by atoms with Crippen molar-refractivity contribution >= 4 is 23.2 Å². The van der Waals surface area contributed by atoms with Gasteiger partial charge in [0.25, 0.3) is 0 Å². The second-order valence-corrected chi connectivity index (χ2v) is 5.66. The highest BCUT2D eigenvalue weighted by Gasteiger charge is 2.16. The number of aliphatic hydroxyl groups is 1. The van der Waals surface area contributed by atoms with Gasteiger partial charge in [0.2, 0.25) is 0 Å². The standard InChI is InChI=1S/C15H18Cl2N2O/c1-3-19-14(15(17)10(2)18-19)9-13(20)8-11-4-6-12(16)7-5-11/h4-7,13,20H,3,8-9H2,1-2H3. The Hall–Kier alpha value is -1.03. The Balaban J connectivity index is 2.08. The molecule has 1 unspecified atom stereocenters. The summed E-state index contributed by atoms with van der Waals surface area (Å²) >= 11 is 12.1. The Kier molecular flexibility index (Phi) is 5.08. The molecule has 5 heteroatoms. The molecule has 2 rings (SSSR count). The number of aryl methyl sites for hydroxylation is 2. The summed E-state index contributed by atoms with van der Waals surface area (Å²) < 4.78 is 1.85. The molecular formula is C15H18Cl2N2O. The second kappa shape index (κ2) is 6.61. The Morgan fingerprint density at radius 3 is 2.45 bits per heavy atom. The van der Waals surface area contributed by atoms with E-state index in [-0.39, 0.29) is 0 Å². The van der Waals surface area contributed by atoms with E-state index in [1.165, 1.54) is 0 Å². The summed E-state index contributed by atoms with van der Waals surface area (Å²) in [6, 6.07) is 7.51. The molecule has 1 atom stereocenters. The van der Waals surface area contributed by atoms with Crippen LogP contribution in [0.3, 0.4) is 0 Å². The normalized spacial score (nSPS) is 12.7. The number of hydrogen-bond acceptors (Lipinski definition) is 2. The molecule has 1 aromatic heterocycles. The summed E-state index contributed by atoms with van der Waals surface area (Å²) in [5, 5.41) is 16.0. The first-order chi connectivity index (χ1) is 9.51. The van der Waals surface area contributed by atoms with Crippen LogP contribution in [0.1, 0.15) is 23.9 Å². The zero-order valence-corrected chi connectivity index (χ0v) is 13.1.